The third-order valence-corrected chi connectivity index (χ3v) is 2.29. The summed E-state index contributed by atoms with van der Waals surface area (Å²) in [4.78, 5) is 4.17. The quantitative estimate of drug-likeness (QED) is 0.589. The maximum absolute atomic E-state index is 5.94. The van der Waals surface area contributed by atoms with Crippen molar-refractivity contribution in [2.24, 2.45) is 4.99 Å². The van der Waals surface area contributed by atoms with Gasteiger partial charge in [-0.05, 0) is 12.1 Å². The molecule has 4 heteroatoms. The third-order valence-electron chi connectivity index (χ3n) is 1.68. The molecule has 1 aromatic carbocycles. The molecule has 1 aliphatic rings. The smallest absolute Gasteiger partial charge is 0.0970 e. The van der Waals surface area contributed by atoms with E-state index in [0.717, 1.165) is 11.4 Å². The second-order valence-corrected chi connectivity index (χ2v) is 3.28. The Hall–Kier alpha value is -0.730. The van der Waals surface area contributed by atoms with E-state index in [-0.39, 0.29) is 0 Å². The molecule has 0 fully saturated rings. The van der Waals surface area contributed by atoms with Gasteiger partial charge in [-0.3, -0.25) is 9.41 Å². The van der Waals surface area contributed by atoms with Gasteiger partial charge in [0, 0.05) is 18.0 Å². The molecular weight excluding hydrogens is 195 g/mol. The van der Waals surface area contributed by atoms with Gasteiger partial charge in [0.15, 0.2) is 0 Å². The number of para-hydroxylation sites is 1. The van der Waals surface area contributed by atoms with Crippen molar-refractivity contribution in [2.45, 2.75) is 0 Å². The van der Waals surface area contributed by atoms with Gasteiger partial charge in [0.2, 0.25) is 0 Å². The van der Waals surface area contributed by atoms with E-state index in [0.29, 0.717) is 11.6 Å². The normalized spacial score (nSPS) is 14.7. The number of halogens is 2. The summed E-state index contributed by atoms with van der Waals surface area (Å²) in [7, 11) is 0. The first kappa shape index (κ1) is 7.90. The van der Waals surface area contributed by atoms with Gasteiger partial charge < -0.3 is 0 Å². The molecule has 0 unspecified atom stereocenters. The van der Waals surface area contributed by atoms with E-state index in [4.69, 9.17) is 23.4 Å². The molecule has 0 radical (unpaired) electrons. The highest BCUT2D eigenvalue weighted by Crippen LogP contribution is 2.38. The van der Waals surface area contributed by atoms with Crippen LogP contribution in [0, 0.1) is 0 Å². The zero-order valence-electron chi connectivity index (χ0n) is 6.17. The highest BCUT2D eigenvalue weighted by Gasteiger charge is 2.14. The number of aliphatic imine (C=N–C) groups is 1. The van der Waals surface area contributed by atoms with Gasteiger partial charge in [0.05, 0.1) is 22.9 Å². The summed E-state index contributed by atoms with van der Waals surface area (Å²) in [5.41, 5.74) is 1.62. The van der Waals surface area contributed by atoms with E-state index < -0.39 is 0 Å². The molecule has 0 saturated heterocycles. The molecule has 2 rings (SSSR count). The van der Waals surface area contributed by atoms with Crippen molar-refractivity contribution in [1.29, 1.82) is 0 Å². The largest absolute Gasteiger partial charge is 0.276 e. The first-order chi connectivity index (χ1) is 5.79. The monoisotopic (exact) mass is 200 g/mol. The molecule has 1 aromatic rings. The zero-order valence-corrected chi connectivity index (χ0v) is 7.68. The van der Waals surface area contributed by atoms with E-state index in [2.05, 4.69) is 4.99 Å². The Bertz CT molecular complexity index is 336. The van der Waals surface area contributed by atoms with Crippen LogP contribution >= 0.6 is 23.4 Å². The van der Waals surface area contributed by atoms with Gasteiger partial charge in [-0.15, -0.1) is 0 Å². The van der Waals surface area contributed by atoms with Gasteiger partial charge >= 0.3 is 0 Å². The topological polar surface area (TPSA) is 15.6 Å². The molecule has 0 aliphatic carbocycles. The number of rotatable bonds is 0. The van der Waals surface area contributed by atoms with Crippen LogP contribution in [0.15, 0.2) is 23.2 Å². The molecule has 0 spiro atoms. The van der Waals surface area contributed by atoms with Crippen LogP contribution in [0.4, 0.5) is 11.4 Å². The lowest BCUT2D eigenvalue weighted by atomic mass is 10.2. The molecule has 62 valence electrons. The molecule has 0 N–H and O–H groups in total. The minimum Gasteiger partial charge on any atom is -0.276 e. The Morgan fingerprint density at radius 1 is 1.42 bits per heavy atom. The maximum atomic E-state index is 5.94. The maximum Gasteiger partial charge on any atom is 0.0970 e. The van der Waals surface area contributed by atoms with Crippen LogP contribution in [-0.4, -0.2) is 12.8 Å². The zero-order chi connectivity index (χ0) is 8.55. The third kappa shape index (κ3) is 1.17. The minimum atomic E-state index is 0.596. The van der Waals surface area contributed by atoms with Gasteiger partial charge in [-0.1, -0.05) is 17.7 Å². The average molecular weight is 201 g/mol. The Balaban J connectivity index is 2.62. The molecule has 0 atom stereocenters. The summed E-state index contributed by atoms with van der Waals surface area (Å²) < 4.78 is 1.56. The predicted molar refractivity (Wildman–Crippen MR) is 52.8 cm³/mol. The molecule has 0 saturated carbocycles. The lowest BCUT2D eigenvalue weighted by Crippen LogP contribution is -2.16. The van der Waals surface area contributed by atoms with Gasteiger partial charge in [-0.2, -0.15) is 0 Å². The van der Waals surface area contributed by atoms with Crippen LogP contribution in [0.5, 0.6) is 0 Å². The summed E-state index contributed by atoms with van der Waals surface area (Å²) in [6, 6.07) is 5.54. The molecule has 0 aromatic heterocycles. The predicted octanol–water partition coefficient (Wildman–Crippen LogP) is 3.02. The van der Waals surface area contributed by atoms with Crippen molar-refractivity contribution in [3.8, 4) is 0 Å². The summed E-state index contributed by atoms with van der Waals surface area (Å²) >= 11 is 11.8. The van der Waals surface area contributed by atoms with Crippen molar-refractivity contribution in [2.75, 3.05) is 11.0 Å². The van der Waals surface area contributed by atoms with Crippen molar-refractivity contribution >= 4 is 41.0 Å². The molecule has 0 amide bonds. The van der Waals surface area contributed by atoms with Crippen molar-refractivity contribution in [1.82, 2.24) is 0 Å². The lowest BCUT2D eigenvalue weighted by Gasteiger charge is -2.20. The number of fused-ring (bicyclic) bond motifs is 1. The van der Waals surface area contributed by atoms with Gasteiger partial charge in [-0.25, -0.2) is 0 Å². The van der Waals surface area contributed by atoms with Gasteiger partial charge in [0.25, 0.3) is 0 Å². The SMILES string of the molecule is Clc1cccc2c1N(Cl)CC=N2. The molecule has 1 heterocycles. The molecular formula is C8H6Cl2N2. The fourth-order valence-corrected chi connectivity index (χ4v) is 1.70. The number of nitrogens with zero attached hydrogens (tertiary/aromatic N) is 2. The first-order valence-corrected chi connectivity index (χ1v) is 4.25. The Kier molecular flexibility index (Phi) is 1.95. The van der Waals surface area contributed by atoms with Crippen LogP contribution in [-0.2, 0) is 0 Å². The van der Waals surface area contributed by atoms with Crippen LogP contribution < -0.4 is 4.42 Å². The van der Waals surface area contributed by atoms with Crippen molar-refractivity contribution < 1.29 is 0 Å². The highest BCUT2D eigenvalue weighted by atomic mass is 35.5. The number of hydrogen-bond donors (Lipinski definition) is 0. The van der Waals surface area contributed by atoms with E-state index >= 15 is 0 Å². The second-order valence-electron chi connectivity index (χ2n) is 2.46. The summed E-state index contributed by atoms with van der Waals surface area (Å²) in [5.74, 6) is 0. The Labute approximate surface area is 80.5 Å². The van der Waals surface area contributed by atoms with Crippen LogP contribution in [0.1, 0.15) is 0 Å². The average Bonchev–Trinajstić information content (AvgIpc) is 2.04. The standard InChI is InChI=1S/C8H6Cl2N2/c9-6-2-1-3-7-8(6)12(10)5-4-11-7/h1-4H,5H2. The molecule has 0 bridgehead atoms. The molecule has 12 heavy (non-hydrogen) atoms. The molecule has 2 nitrogen and oxygen atoms in total. The fraction of sp³-hybridized carbons (Fsp3) is 0.125. The number of anilines is 1. The van der Waals surface area contributed by atoms with Crippen molar-refractivity contribution in [3.63, 3.8) is 0 Å². The van der Waals surface area contributed by atoms with E-state index in [1.54, 1.807) is 16.7 Å². The van der Waals surface area contributed by atoms with E-state index in [1.165, 1.54) is 0 Å². The molecule has 1 aliphatic heterocycles. The van der Waals surface area contributed by atoms with E-state index in [9.17, 15) is 0 Å². The Morgan fingerprint density at radius 2 is 2.25 bits per heavy atom. The number of hydrogen-bond acceptors (Lipinski definition) is 2. The summed E-state index contributed by atoms with van der Waals surface area (Å²) in [6.07, 6.45) is 1.76. The lowest BCUT2D eigenvalue weighted by molar-refractivity contribution is 1.21. The van der Waals surface area contributed by atoms with Crippen LogP contribution in [0.2, 0.25) is 5.02 Å². The minimum absolute atomic E-state index is 0.596. The first-order valence-electron chi connectivity index (χ1n) is 3.53. The fourth-order valence-electron chi connectivity index (χ4n) is 1.15. The Morgan fingerprint density at radius 3 is 3.00 bits per heavy atom. The highest BCUT2D eigenvalue weighted by molar-refractivity contribution is 6.37. The van der Waals surface area contributed by atoms with E-state index in [1.807, 2.05) is 12.1 Å². The number of benzene rings is 1. The van der Waals surface area contributed by atoms with Crippen molar-refractivity contribution in [3.05, 3.63) is 23.2 Å². The summed E-state index contributed by atoms with van der Waals surface area (Å²) in [5, 5.41) is 0.638. The van der Waals surface area contributed by atoms with Crippen LogP contribution in [0.3, 0.4) is 0 Å². The van der Waals surface area contributed by atoms with Gasteiger partial charge in [0.1, 0.15) is 0 Å². The second kappa shape index (κ2) is 2.96. The van der Waals surface area contributed by atoms with Crippen LogP contribution in [0.25, 0.3) is 0 Å². The summed E-state index contributed by atoms with van der Waals surface area (Å²) in [6.45, 7) is 0.596.